The van der Waals surface area contributed by atoms with Crippen molar-refractivity contribution in [1.82, 2.24) is 5.32 Å². The molecule has 0 fully saturated rings. The van der Waals surface area contributed by atoms with E-state index in [1.54, 1.807) is 12.1 Å². The topological polar surface area (TPSA) is 58.6 Å². The van der Waals surface area contributed by atoms with E-state index >= 15 is 0 Å². The molecule has 2 rings (SSSR count). The van der Waals surface area contributed by atoms with E-state index in [0.29, 0.717) is 18.7 Å². The average molecular weight is 179 g/mol. The predicted molar refractivity (Wildman–Crippen MR) is 45.9 cm³/mol. The third-order valence-corrected chi connectivity index (χ3v) is 1.87. The highest BCUT2D eigenvalue weighted by atomic mass is 16.5. The molecule has 0 saturated carbocycles. The van der Waals surface area contributed by atoms with Crippen LogP contribution in [-0.2, 0) is 0 Å². The Morgan fingerprint density at radius 3 is 3.15 bits per heavy atom. The van der Waals surface area contributed by atoms with E-state index in [2.05, 4.69) is 5.32 Å². The Kier molecular flexibility index (Phi) is 1.81. The van der Waals surface area contributed by atoms with Crippen molar-refractivity contribution >= 4 is 5.91 Å². The molecule has 1 aromatic carbocycles. The predicted octanol–water partition coefficient (Wildman–Crippen LogP) is 0.514. The van der Waals surface area contributed by atoms with Gasteiger partial charge in [0.25, 0.3) is 5.91 Å². The normalized spacial score (nSPS) is 15.2. The molecule has 0 spiro atoms. The second-order valence-corrected chi connectivity index (χ2v) is 2.76. The molecule has 0 bridgehead atoms. The summed E-state index contributed by atoms with van der Waals surface area (Å²) in [5.41, 5.74) is 0.387. The number of amides is 1. The first-order valence-corrected chi connectivity index (χ1v) is 4.02. The van der Waals surface area contributed by atoms with Gasteiger partial charge in [-0.1, -0.05) is 6.07 Å². The largest absolute Gasteiger partial charge is 0.504 e. The number of phenolic OH excluding ortho intramolecular Hbond substituents is 1. The summed E-state index contributed by atoms with van der Waals surface area (Å²) in [7, 11) is 0. The van der Waals surface area contributed by atoms with Crippen molar-refractivity contribution in [1.29, 1.82) is 0 Å². The zero-order valence-electron chi connectivity index (χ0n) is 6.91. The molecule has 4 heteroatoms. The van der Waals surface area contributed by atoms with E-state index in [0.717, 1.165) is 0 Å². The molecule has 1 aliphatic heterocycles. The standard InChI is InChI=1S/C9H9NO3/c11-7-3-1-2-6-8(7)13-5-4-10-9(6)12/h1-3,11H,4-5H2,(H,10,12). The van der Waals surface area contributed by atoms with Gasteiger partial charge < -0.3 is 15.2 Å². The van der Waals surface area contributed by atoms with Crippen LogP contribution in [0.2, 0.25) is 0 Å². The molecule has 1 aromatic rings. The Balaban J connectivity index is 2.54. The zero-order valence-corrected chi connectivity index (χ0v) is 6.91. The number of carbonyl (C=O) groups excluding carboxylic acids is 1. The minimum Gasteiger partial charge on any atom is -0.504 e. The monoisotopic (exact) mass is 179 g/mol. The molecule has 13 heavy (non-hydrogen) atoms. The number of benzene rings is 1. The van der Waals surface area contributed by atoms with Crippen LogP contribution in [-0.4, -0.2) is 24.2 Å². The van der Waals surface area contributed by atoms with E-state index in [1.165, 1.54) is 6.07 Å². The first-order valence-electron chi connectivity index (χ1n) is 4.02. The van der Waals surface area contributed by atoms with Crippen molar-refractivity contribution in [2.45, 2.75) is 0 Å². The highest BCUT2D eigenvalue weighted by Crippen LogP contribution is 2.30. The van der Waals surface area contributed by atoms with Gasteiger partial charge in [-0.15, -0.1) is 0 Å². The third-order valence-electron chi connectivity index (χ3n) is 1.87. The Bertz CT molecular complexity index is 349. The maximum atomic E-state index is 11.4. The van der Waals surface area contributed by atoms with Crippen molar-refractivity contribution in [3.8, 4) is 11.5 Å². The molecule has 0 radical (unpaired) electrons. The highest BCUT2D eigenvalue weighted by Gasteiger charge is 2.18. The van der Waals surface area contributed by atoms with Gasteiger partial charge in [-0.05, 0) is 12.1 Å². The average Bonchev–Trinajstić information content (AvgIpc) is 2.30. The summed E-state index contributed by atoms with van der Waals surface area (Å²) in [6.45, 7) is 0.850. The van der Waals surface area contributed by atoms with Crippen LogP contribution in [0.3, 0.4) is 0 Å². The first kappa shape index (κ1) is 7.91. The fraction of sp³-hybridized carbons (Fsp3) is 0.222. The minimum absolute atomic E-state index is 0.00884. The number of fused-ring (bicyclic) bond motifs is 1. The zero-order chi connectivity index (χ0) is 9.26. The summed E-state index contributed by atoms with van der Waals surface area (Å²) in [6.07, 6.45) is 0. The minimum atomic E-state index is -0.205. The lowest BCUT2D eigenvalue weighted by Gasteiger charge is -2.05. The summed E-state index contributed by atoms with van der Waals surface area (Å²) < 4.78 is 5.22. The number of phenols is 1. The molecule has 1 amide bonds. The van der Waals surface area contributed by atoms with Crippen LogP contribution >= 0.6 is 0 Å². The van der Waals surface area contributed by atoms with Gasteiger partial charge in [-0.3, -0.25) is 4.79 Å². The Morgan fingerprint density at radius 1 is 1.46 bits per heavy atom. The molecular weight excluding hydrogens is 170 g/mol. The number of ether oxygens (including phenoxy) is 1. The Hall–Kier alpha value is -1.71. The van der Waals surface area contributed by atoms with Gasteiger partial charge in [0.05, 0.1) is 12.1 Å². The molecule has 0 unspecified atom stereocenters. The maximum Gasteiger partial charge on any atom is 0.255 e. The number of para-hydroxylation sites is 1. The summed E-state index contributed by atoms with van der Waals surface area (Å²) >= 11 is 0. The number of hydrogen-bond acceptors (Lipinski definition) is 3. The van der Waals surface area contributed by atoms with E-state index < -0.39 is 0 Å². The van der Waals surface area contributed by atoms with E-state index in [-0.39, 0.29) is 17.4 Å². The molecule has 0 saturated heterocycles. The fourth-order valence-corrected chi connectivity index (χ4v) is 1.27. The van der Waals surface area contributed by atoms with Crippen LogP contribution in [0.15, 0.2) is 18.2 Å². The van der Waals surface area contributed by atoms with Crippen molar-refractivity contribution in [3.63, 3.8) is 0 Å². The number of rotatable bonds is 0. The van der Waals surface area contributed by atoms with Crippen molar-refractivity contribution in [2.24, 2.45) is 0 Å². The SMILES string of the molecule is O=C1NCCOc2c(O)cccc21. The molecule has 2 N–H and O–H groups in total. The quantitative estimate of drug-likeness (QED) is 0.610. The van der Waals surface area contributed by atoms with Crippen LogP contribution < -0.4 is 10.1 Å². The van der Waals surface area contributed by atoms with E-state index in [1.807, 2.05) is 0 Å². The van der Waals surface area contributed by atoms with Crippen LogP contribution in [0.5, 0.6) is 11.5 Å². The lowest BCUT2D eigenvalue weighted by molar-refractivity contribution is 0.0957. The molecule has 0 aromatic heterocycles. The van der Waals surface area contributed by atoms with Crippen molar-refractivity contribution < 1.29 is 14.6 Å². The van der Waals surface area contributed by atoms with E-state index in [9.17, 15) is 9.90 Å². The van der Waals surface area contributed by atoms with Crippen LogP contribution in [0.4, 0.5) is 0 Å². The Labute approximate surface area is 75.1 Å². The van der Waals surface area contributed by atoms with Crippen LogP contribution in [0, 0.1) is 0 Å². The highest BCUT2D eigenvalue weighted by molar-refractivity contribution is 5.98. The summed E-state index contributed by atoms with van der Waals surface area (Å²) in [5.74, 6) is 0.0791. The summed E-state index contributed by atoms with van der Waals surface area (Å²) in [6, 6.07) is 4.73. The van der Waals surface area contributed by atoms with Gasteiger partial charge in [-0.2, -0.15) is 0 Å². The maximum absolute atomic E-state index is 11.4. The molecule has 4 nitrogen and oxygen atoms in total. The third kappa shape index (κ3) is 1.30. The molecule has 1 aliphatic rings. The van der Waals surface area contributed by atoms with Crippen molar-refractivity contribution in [2.75, 3.05) is 13.2 Å². The number of carbonyl (C=O) groups is 1. The van der Waals surface area contributed by atoms with Gasteiger partial charge in [0, 0.05) is 0 Å². The smallest absolute Gasteiger partial charge is 0.255 e. The second kappa shape index (κ2) is 2.97. The van der Waals surface area contributed by atoms with Crippen molar-refractivity contribution in [3.05, 3.63) is 23.8 Å². The summed E-state index contributed by atoms with van der Waals surface area (Å²) in [4.78, 5) is 11.4. The Morgan fingerprint density at radius 2 is 2.31 bits per heavy atom. The number of nitrogens with one attached hydrogen (secondary N) is 1. The van der Waals surface area contributed by atoms with Gasteiger partial charge in [-0.25, -0.2) is 0 Å². The molecule has 0 aliphatic carbocycles. The first-order chi connectivity index (χ1) is 6.29. The van der Waals surface area contributed by atoms with Gasteiger partial charge in [0.1, 0.15) is 6.61 Å². The lowest BCUT2D eigenvalue weighted by atomic mass is 10.2. The molecule has 68 valence electrons. The number of aromatic hydroxyl groups is 1. The summed E-state index contributed by atoms with van der Waals surface area (Å²) in [5, 5.41) is 12.0. The molecule has 0 atom stereocenters. The molecular formula is C9H9NO3. The van der Waals surface area contributed by atoms with Gasteiger partial charge in [0.2, 0.25) is 0 Å². The van der Waals surface area contributed by atoms with Crippen LogP contribution in [0.1, 0.15) is 10.4 Å². The molecule has 1 heterocycles. The van der Waals surface area contributed by atoms with Crippen LogP contribution in [0.25, 0.3) is 0 Å². The lowest BCUT2D eigenvalue weighted by Crippen LogP contribution is -2.24. The second-order valence-electron chi connectivity index (χ2n) is 2.76. The number of hydrogen-bond donors (Lipinski definition) is 2. The van der Waals surface area contributed by atoms with Gasteiger partial charge >= 0.3 is 0 Å². The van der Waals surface area contributed by atoms with E-state index in [4.69, 9.17) is 4.74 Å². The van der Waals surface area contributed by atoms with Gasteiger partial charge in [0.15, 0.2) is 11.5 Å². The fourth-order valence-electron chi connectivity index (χ4n) is 1.27.